The van der Waals surface area contributed by atoms with Gasteiger partial charge in [0.05, 0.1) is 29.5 Å². The molecule has 96 valence electrons. The molecule has 0 amide bonds. The van der Waals surface area contributed by atoms with Crippen LogP contribution < -0.4 is 0 Å². The molecule has 2 heterocycles. The number of imidazole rings is 1. The minimum Gasteiger partial charge on any atom is -0.478 e. The fourth-order valence-corrected chi connectivity index (χ4v) is 3.38. The lowest BCUT2D eigenvalue weighted by Gasteiger charge is -2.03. The first-order valence-corrected chi connectivity index (χ1v) is 7.22. The molecular weight excluding hydrogens is 328 g/mol. The number of aromatic nitrogens is 2. The maximum Gasteiger partial charge on any atom is 0.335 e. The van der Waals surface area contributed by atoms with Gasteiger partial charge in [-0.2, -0.15) is 0 Å². The van der Waals surface area contributed by atoms with Gasteiger partial charge < -0.3 is 9.67 Å². The van der Waals surface area contributed by atoms with Crippen LogP contribution in [0.15, 0.2) is 40.4 Å². The summed E-state index contributed by atoms with van der Waals surface area (Å²) < 4.78 is 3.02. The molecule has 0 saturated heterocycles. The van der Waals surface area contributed by atoms with Crippen molar-refractivity contribution in [2.24, 2.45) is 0 Å². The third-order valence-electron chi connectivity index (χ3n) is 2.87. The molecule has 0 spiro atoms. The van der Waals surface area contributed by atoms with Gasteiger partial charge in [0, 0.05) is 9.35 Å². The number of aromatic carboxylic acids is 1. The highest BCUT2D eigenvalue weighted by Crippen LogP contribution is 2.25. The Hall–Kier alpha value is -1.66. The second-order valence-electron chi connectivity index (χ2n) is 4.07. The van der Waals surface area contributed by atoms with E-state index in [1.165, 1.54) is 4.88 Å². The SMILES string of the molecule is O=C(O)c1ccc2ncn(Cc3sccc3Br)c2c1. The highest BCUT2D eigenvalue weighted by molar-refractivity contribution is 9.10. The molecule has 0 fully saturated rings. The van der Waals surface area contributed by atoms with Crippen molar-refractivity contribution in [3.05, 3.63) is 50.9 Å². The number of nitrogens with zero attached hydrogens (tertiary/aromatic N) is 2. The maximum absolute atomic E-state index is 11.0. The summed E-state index contributed by atoms with van der Waals surface area (Å²) in [5.74, 6) is -0.924. The number of carboxylic acids is 1. The van der Waals surface area contributed by atoms with Gasteiger partial charge in [0.25, 0.3) is 0 Å². The van der Waals surface area contributed by atoms with Crippen molar-refractivity contribution in [1.82, 2.24) is 9.55 Å². The lowest BCUT2D eigenvalue weighted by Crippen LogP contribution is -1.99. The van der Waals surface area contributed by atoms with E-state index in [2.05, 4.69) is 20.9 Å². The first kappa shape index (κ1) is 12.4. The molecule has 0 radical (unpaired) electrons. The number of benzene rings is 1. The van der Waals surface area contributed by atoms with E-state index in [9.17, 15) is 4.79 Å². The predicted octanol–water partition coefficient (Wildman–Crippen LogP) is 3.61. The summed E-state index contributed by atoms with van der Waals surface area (Å²) in [7, 11) is 0. The Balaban J connectivity index is 2.06. The summed E-state index contributed by atoms with van der Waals surface area (Å²) in [5.41, 5.74) is 1.91. The molecular formula is C13H9BrN2O2S. The number of carbonyl (C=O) groups is 1. The van der Waals surface area contributed by atoms with Crippen LogP contribution in [-0.2, 0) is 6.54 Å². The van der Waals surface area contributed by atoms with Crippen molar-refractivity contribution in [2.75, 3.05) is 0 Å². The van der Waals surface area contributed by atoms with E-state index >= 15 is 0 Å². The fraction of sp³-hybridized carbons (Fsp3) is 0.0769. The van der Waals surface area contributed by atoms with Crippen LogP contribution >= 0.6 is 27.3 Å². The maximum atomic E-state index is 11.0. The highest BCUT2D eigenvalue weighted by Gasteiger charge is 2.09. The molecule has 0 aliphatic carbocycles. The zero-order valence-corrected chi connectivity index (χ0v) is 12.1. The molecule has 19 heavy (non-hydrogen) atoms. The Labute approximate surface area is 121 Å². The average molecular weight is 337 g/mol. The molecule has 3 rings (SSSR count). The molecule has 0 aliphatic heterocycles. The van der Waals surface area contributed by atoms with Crippen molar-refractivity contribution in [3.8, 4) is 0 Å². The molecule has 0 saturated carbocycles. The van der Waals surface area contributed by atoms with Crippen LogP contribution in [-0.4, -0.2) is 20.6 Å². The van der Waals surface area contributed by atoms with Gasteiger partial charge >= 0.3 is 5.97 Å². The van der Waals surface area contributed by atoms with Gasteiger partial charge in [-0.15, -0.1) is 11.3 Å². The third kappa shape index (κ3) is 2.29. The summed E-state index contributed by atoms with van der Waals surface area (Å²) in [6.07, 6.45) is 1.74. The zero-order chi connectivity index (χ0) is 13.4. The van der Waals surface area contributed by atoms with Crippen LogP contribution in [0.5, 0.6) is 0 Å². The predicted molar refractivity (Wildman–Crippen MR) is 77.8 cm³/mol. The largest absolute Gasteiger partial charge is 0.478 e. The Morgan fingerprint density at radius 2 is 2.26 bits per heavy atom. The second-order valence-corrected chi connectivity index (χ2v) is 5.93. The van der Waals surface area contributed by atoms with E-state index in [0.29, 0.717) is 6.54 Å². The molecule has 6 heteroatoms. The molecule has 0 bridgehead atoms. The summed E-state index contributed by atoms with van der Waals surface area (Å²) in [4.78, 5) is 16.5. The van der Waals surface area contributed by atoms with Crippen molar-refractivity contribution >= 4 is 44.3 Å². The Kier molecular flexibility index (Phi) is 3.12. The smallest absolute Gasteiger partial charge is 0.335 e. The lowest BCUT2D eigenvalue weighted by molar-refractivity contribution is 0.0697. The summed E-state index contributed by atoms with van der Waals surface area (Å²) in [6, 6.07) is 6.97. The van der Waals surface area contributed by atoms with Crippen LogP contribution in [0.4, 0.5) is 0 Å². The standard InChI is InChI=1S/C13H9BrN2O2S/c14-9-3-4-19-12(9)6-16-7-15-10-2-1-8(13(17)18)5-11(10)16/h1-5,7H,6H2,(H,17,18). The van der Waals surface area contributed by atoms with Gasteiger partial charge in [0.15, 0.2) is 0 Å². The van der Waals surface area contributed by atoms with E-state index in [-0.39, 0.29) is 5.56 Å². The first-order valence-electron chi connectivity index (χ1n) is 5.55. The average Bonchev–Trinajstić information content (AvgIpc) is 2.97. The molecule has 1 aromatic carbocycles. The van der Waals surface area contributed by atoms with Crippen molar-refractivity contribution in [1.29, 1.82) is 0 Å². The number of carboxylic acid groups (broad SMARTS) is 1. The summed E-state index contributed by atoms with van der Waals surface area (Å²) in [6.45, 7) is 0.678. The first-order chi connectivity index (χ1) is 9.15. The number of hydrogen-bond donors (Lipinski definition) is 1. The van der Waals surface area contributed by atoms with Crippen LogP contribution in [0.25, 0.3) is 11.0 Å². The third-order valence-corrected chi connectivity index (χ3v) is 4.78. The second kappa shape index (κ2) is 4.79. The van der Waals surface area contributed by atoms with Crippen molar-refractivity contribution < 1.29 is 9.90 Å². The minimum absolute atomic E-state index is 0.277. The molecule has 0 unspecified atom stereocenters. The molecule has 3 aromatic rings. The summed E-state index contributed by atoms with van der Waals surface area (Å²) >= 11 is 5.15. The highest BCUT2D eigenvalue weighted by atomic mass is 79.9. The van der Waals surface area contributed by atoms with Crippen LogP contribution in [0, 0.1) is 0 Å². The van der Waals surface area contributed by atoms with Crippen molar-refractivity contribution in [3.63, 3.8) is 0 Å². The zero-order valence-electron chi connectivity index (χ0n) is 9.71. The van der Waals surface area contributed by atoms with Gasteiger partial charge in [0.2, 0.25) is 0 Å². The van der Waals surface area contributed by atoms with Crippen LogP contribution in [0.2, 0.25) is 0 Å². The number of rotatable bonds is 3. The minimum atomic E-state index is -0.924. The molecule has 2 aromatic heterocycles. The number of halogens is 1. The molecule has 0 aliphatic rings. The van der Waals surface area contributed by atoms with E-state index < -0.39 is 5.97 Å². The van der Waals surface area contributed by atoms with E-state index in [4.69, 9.17) is 5.11 Å². The number of hydrogen-bond acceptors (Lipinski definition) is 3. The van der Waals surface area contributed by atoms with Crippen LogP contribution in [0.1, 0.15) is 15.2 Å². The molecule has 0 atom stereocenters. The lowest BCUT2D eigenvalue weighted by atomic mass is 10.2. The van der Waals surface area contributed by atoms with Gasteiger partial charge in [-0.1, -0.05) is 0 Å². The van der Waals surface area contributed by atoms with Gasteiger partial charge in [0.1, 0.15) is 0 Å². The van der Waals surface area contributed by atoms with E-state index in [1.807, 2.05) is 16.0 Å². The normalized spacial score (nSPS) is 11.0. The topological polar surface area (TPSA) is 55.1 Å². The molecule has 1 N–H and O–H groups in total. The Morgan fingerprint density at radius 3 is 2.95 bits per heavy atom. The summed E-state index contributed by atoms with van der Waals surface area (Å²) in [5, 5.41) is 11.1. The van der Waals surface area contributed by atoms with Crippen LogP contribution in [0.3, 0.4) is 0 Å². The Morgan fingerprint density at radius 1 is 1.42 bits per heavy atom. The number of fused-ring (bicyclic) bond motifs is 1. The fourth-order valence-electron chi connectivity index (χ4n) is 1.91. The van der Waals surface area contributed by atoms with Gasteiger partial charge in [-0.25, -0.2) is 9.78 Å². The van der Waals surface area contributed by atoms with E-state index in [1.54, 1.807) is 35.9 Å². The monoisotopic (exact) mass is 336 g/mol. The quantitative estimate of drug-likeness (QED) is 0.794. The Bertz CT molecular complexity index is 763. The van der Waals surface area contributed by atoms with Gasteiger partial charge in [-0.3, -0.25) is 0 Å². The molecule has 4 nitrogen and oxygen atoms in total. The van der Waals surface area contributed by atoms with Gasteiger partial charge in [-0.05, 0) is 45.6 Å². The van der Waals surface area contributed by atoms with Crippen molar-refractivity contribution in [2.45, 2.75) is 6.54 Å². The number of thiophene rings is 1. The van der Waals surface area contributed by atoms with E-state index in [0.717, 1.165) is 15.5 Å².